The number of sulfone groups is 1. The van der Waals surface area contributed by atoms with Crippen LogP contribution in [0.4, 0.5) is 0 Å². The average Bonchev–Trinajstić information content (AvgIpc) is 2.42. The summed E-state index contributed by atoms with van der Waals surface area (Å²) in [4.78, 5) is 13.7. The molecule has 1 aliphatic heterocycles. The molecule has 23 heavy (non-hydrogen) atoms. The molecule has 6 heteroatoms. The molecule has 1 aromatic rings. The molecule has 0 aliphatic carbocycles. The van der Waals surface area contributed by atoms with Gasteiger partial charge >= 0.3 is 0 Å². The molecule has 0 atom stereocenters. The molecular formula is C17H22N2O3S. The summed E-state index contributed by atoms with van der Waals surface area (Å²) in [6, 6.07) is 9.21. The molecule has 1 amide bonds. The maximum atomic E-state index is 12.1. The lowest BCUT2D eigenvalue weighted by Crippen LogP contribution is -2.57. The van der Waals surface area contributed by atoms with E-state index in [1.807, 2.05) is 26.0 Å². The first kappa shape index (κ1) is 17.5. The van der Waals surface area contributed by atoms with Crippen LogP contribution in [-0.4, -0.2) is 43.3 Å². The summed E-state index contributed by atoms with van der Waals surface area (Å²) in [6.45, 7) is 4.41. The van der Waals surface area contributed by atoms with Crippen LogP contribution in [0.1, 0.15) is 31.4 Å². The zero-order valence-electron chi connectivity index (χ0n) is 13.5. The van der Waals surface area contributed by atoms with Gasteiger partial charge in [-0.1, -0.05) is 26.0 Å². The van der Waals surface area contributed by atoms with Gasteiger partial charge in [0.25, 0.3) is 0 Å². The minimum absolute atomic E-state index is 0.00893. The summed E-state index contributed by atoms with van der Waals surface area (Å²) in [5.74, 6) is 0.289. The van der Waals surface area contributed by atoms with Crippen molar-refractivity contribution in [2.45, 2.75) is 31.9 Å². The van der Waals surface area contributed by atoms with Crippen molar-refractivity contribution in [2.24, 2.45) is 5.92 Å². The molecule has 2 rings (SSSR count). The van der Waals surface area contributed by atoms with Gasteiger partial charge in [-0.3, -0.25) is 4.79 Å². The Kier molecular flexibility index (Phi) is 5.42. The van der Waals surface area contributed by atoms with E-state index in [1.165, 1.54) is 0 Å². The molecular weight excluding hydrogens is 312 g/mol. The van der Waals surface area contributed by atoms with Gasteiger partial charge in [0.05, 0.1) is 22.6 Å². The Labute approximate surface area is 137 Å². The lowest BCUT2D eigenvalue weighted by atomic mass is 10.1. The van der Waals surface area contributed by atoms with Gasteiger partial charge in [0, 0.05) is 19.5 Å². The number of hydrogen-bond acceptors (Lipinski definition) is 4. The van der Waals surface area contributed by atoms with Crippen LogP contribution in [0.3, 0.4) is 0 Å². The highest BCUT2D eigenvalue weighted by Crippen LogP contribution is 2.20. The highest BCUT2D eigenvalue weighted by Gasteiger charge is 2.39. The van der Waals surface area contributed by atoms with Crippen LogP contribution in [0.2, 0.25) is 0 Å². The minimum atomic E-state index is -3.09. The van der Waals surface area contributed by atoms with Gasteiger partial charge in [0.2, 0.25) is 5.91 Å². The van der Waals surface area contributed by atoms with E-state index in [4.69, 9.17) is 5.26 Å². The molecule has 1 aromatic carbocycles. The van der Waals surface area contributed by atoms with E-state index in [2.05, 4.69) is 6.07 Å². The molecule has 0 saturated carbocycles. The molecule has 1 fully saturated rings. The molecule has 1 saturated heterocycles. The molecule has 0 aromatic heterocycles. The topological polar surface area (TPSA) is 78.2 Å². The molecule has 0 N–H and O–H groups in total. The van der Waals surface area contributed by atoms with Crippen LogP contribution < -0.4 is 0 Å². The maximum absolute atomic E-state index is 12.1. The van der Waals surface area contributed by atoms with Gasteiger partial charge < -0.3 is 4.90 Å². The second kappa shape index (κ2) is 7.14. The number of aryl methyl sites for hydroxylation is 1. The van der Waals surface area contributed by atoms with Gasteiger partial charge in [-0.2, -0.15) is 5.26 Å². The monoisotopic (exact) mass is 334 g/mol. The van der Waals surface area contributed by atoms with Gasteiger partial charge in [-0.25, -0.2) is 8.42 Å². The van der Waals surface area contributed by atoms with Crippen LogP contribution in [0, 0.1) is 17.2 Å². The summed E-state index contributed by atoms with van der Waals surface area (Å²) in [5, 5.41) is 8.34. The molecule has 5 nitrogen and oxygen atoms in total. The Morgan fingerprint density at radius 2 is 1.91 bits per heavy atom. The van der Waals surface area contributed by atoms with Crippen LogP contribution in [0.5, 0.6) is 0 Å². The number of rotatable bonds is 6. The number of likely N-dealkylation sites (tertiary alicyclic amines) is 1. The Morgan fingerprint density at radius 3 is 2.43 bits per heavy atom. The normalized spacial score (nSPS) is 15.3. The van der Waals surface area contributed by atoms with Crippen molar-refractivity contribution in [3.05, 3.63) is 35.4 Å². The number of benzene rings is 1. The Hall–Kier alpha value is -1.87. The molecule has 0 bridgehead atoms. The lowest BCUT2D eigenvalue weighted by molar-refractivity contribution is -0.134. The van der Waals surface area contributed by atoms with Crippen molar-refractivity contribution in [1.29, 1.82) is 5.26 Å². The summed E-state index contributed by atoms with van der Waals surface area (Å²) >= 11 is 0. The van der Waals surface area contributed by atoms with Gasteiger partial charge in [-0.05, 0) is 30.0 Å². The largest absolute Gasteiger partial charge is 0.340 e. The van der Waals surface area contributed by atoms with E-state index in [9.17, 15) is 13.2 Å². The first-order valence-electron chi connectivity index (χ1n) is 7.80. The summed E-state index contributed by atoms with van der Waals surface area (Å²) in [7, 11) is -3.09. The highest BCUT2D eigenvalue weighted by atomic mass is 32.2. The van der Waals surface area contributed by atoms with Crippen LogP contribution in [-0.2, 0) is 21.1 Å². The molecule has 0 unspecified atom stereocenters. The number of nitriles is 1. The maximum Gasteiger partial charge on any atom is 0.222 e. The van der Waals surface area contributed by atoms with Crippen LogP contribution >= 0.6 is 0 Å². The average molecular weight is 334 g/mol. The smallest absolute Gasteiger partial charge is 0.222 e. The zero-order valence-corrected chi connectivity index (χ0v) is 14.3. The number of carbonyl (C=O) groups excluding carboxylic acids is 1. The van der Waals surface area contributed by atoms with Gasteiger partial charge in [0.1, 0.15) is 0 Å². The SMILES string of the molecule is CC(C)CS(=O)(=O)C1CN(C(=O)CCc2ccc(C#N)cc2)C1. The fourth-order valence-corrected chi connectivity index (χ4v) is 4.64. The van der Waals surface area contributed by atoms with Crippen molar-refractivity contribution >= 4 is 15.7 Å². The molecule has 0 spiro atoms. The van der Waals surface area contributed by atoms with E-state index in [0.29, 0.717) is 31.5 Å². The highest BCUT2D eigenvalue weighted by molar-refractivity contribution is 7.92. The van der Waals surface area contributed by atoms with Crippen LogP contribution in [0.25, 0.3) is 0 Å². The number of hydrogen-bond donors (Lipinski definition) is 0. The van der Waals surface area contributed by atoms with Crippen molar-refractivity contribution in [2.75, 3.05) is 18.8 Å². The first-order chi connectivity index (χ1) is 10.8. The summed E-state index contributed by atoms with van der Waals surface area (Å²) in [5.41, 5.74) is 1.60. The summed E-state index contributed by atoms with van der Waals surface area (Å²) < 4.78 is 24.1. The fourth-order valence-electron chi connectivity index (χ4n) is 2.62. The fraction of sp³-hybridized carbons (Fsp3) is 0.529. The second-order valence-corrected chi connectivity index (χ2v) is 8.78. The Bertz CT molecular complexity index is 696. The molecule has 124 valence electrons. The predicted octanol–water partition coefficient (Wildman–Crippen LogP) is 1.77. The summed E-state index contributed by atoms with van der Waals surface area (Å²) in [6.07, 6.45) is 0.966. The standard InChI is InChI=1S/C17H22N2O3S/c1-13(2)12-23(21,22)16-10-19(11-16)17(20)8-7-14-3-5-15(9-18)6-4-14/h3-6,13,16H,7-8,10-12H2,1-2H3. The first-order valence-corrected chi connectivity index (χ1v) is 9.51. The molecule has 0 radical (unpaired) electrons. The van der Waals surface area contributed by atoms with Crippen molar-refractivity contribution in [3.63, 3.8) is 0 Å². The lowest BCUT2D eigenvalue weighted by Gasteiger charge is -2.39. The van der Waals surface area contributed by atoms with Crippen molar-refractivity contribution in [3.8, 4) is 6.07 Å². The number of amides is 1. The van der Waals surface area contributed by atoms with E-state index < -0.39 is 15.1 Å². The quantitative estimate of drug-likeness (QED) is 0.794. The Balaban J connectivity index is 1.79. The van der Waals surface area contributed by atoms with Gasteiger partial charge in [0.15, 0.2) is 9.84 Å². The van der Waals surface area contributed by atoms with Crippen molar-refractivity contribution in [1.82, 2.24) is 4.90 Å². The minimum Gasteiger partial charge on any atom is -0.340 e. The third-order valence-corrected chi connectivity index (χ3v) is 6.43. The molecule has 1 heterocycles. The number of carbonyl (C=O) groups is 1. The van der Waals surface area contributed by atoms with Crippen molar-refractivity contribution < 1.29 is 13.2 Å². The Morgan fingerprint density at radius 1 is 1.30 bits per heavy atom. The van der Waals surface area contributed by atoms with E-state index in [0.717, 1.165) is 5.56 Å². The van der Waals surface area contributed by atoms with Gasteiger partial charge in [-0.15, -0.1) is 0 Å². The third kappa shape index (κ3) is 4.55. The van der Waals surface area contributed by atoms with Crippen LogP contribution in [0.15, 0.2) is 24.3 Å². The van der Waals surface area contributed by atoms with E-state index in [1.54, 1.807) is 17.0 Å². The van der Waals surface area contributed by atoms with E-state index >= 15 is 0 Å². The molecule has 1 aliphatic rings. The zero-order chi connectivity index (χ0) is 17.0. The second-order valence-electron chi connectivity index (χ2n) is 6.45. The number of nitrogens with zero attached hydrogens (tertiary/aromatic N) is 2. The third-order valence-electron chi connectivity index (χ3n) is 3.98. The van der Waals surface area contributed by atoms with E-state index in [-0.39, 0.29) is 17.6 Å². The predicted molar refractivity (Wildman–Crippen MR) is 88.5 cm³/mol.